The molecular weight excluding hydrogens is 1060 g/mol. The van der Waals surface area contributed by atoms with Gasteiger partial charge in [-0.05, 0) is 85.5 Å². The van der Waals surface area contributed by atoms with E-state index in [1.54, 1.807) is 6.07 Å². The van der Waals surface area contributed by atoms with Crippen molar-refractivity contribution in [2.75, 3.05) is 20.3 Å². The minimum atomic E-state index is -1.03. The third-order valence-corrected chi connectivity index (χ3v) is 17.0. The monoisotopic (exact) mass is 1160 g/mol. The van der Waals surface area contributed by atoms with Crippen LogP contribution in [0.5, 0.6) is 5.75 Å². The summed E-state index contributed by atoms with van der Waals surface area (Å²) >= 11 is 12.7. The number of nitrogens with zero attached hydrogens (tertiary/aromatic N) is 1. The van der Waals surface area contributed by atoms with E-state index in [9.17, 15) is 24.0 Å². The van der Waals surface area contributed by atoms with Gasteiger partial charge in [-0.3, -0.25) is 24.0 Å². The molecule has 3 aromatic carbocycles. The molecule has 0 heterocycles. The Morgan fingerprint density at radius 3 is 1.52 bits per heavy atom. The maximum Gasteiger partial charge on any atom is 0.311 e. The lowest BCUT2D eigenvalue weighted by Crippen LogP contribution is -2.37. The fraction of sp³-hybridized carbons (Fsp3) is 0.667. The van der Waals surface area contributed by atoms with E-state index >= 15 is 0 Å². The van der Waals surface area contributed by atoms with E-state index < -0.39 is 35.4 Å². The van der Waals surface area contributed by atoms with Crippen molar-refractivity contribution in [3.8, 4) is 5.75 Å². The summed E-state index contributed by atoms with van der Waals surface area (Å²) in [6.45, 7) is 11.8. The van der Waals surface area contributed by atoms with Gasteiger partial charge in [0.05, 0.1) is 28.9 Å². The number of rotatable bonds is 42. The number of esters is 4. The molecule has 0 saturated heterocycles. The van der Waals surface area contributed by atoms with Gasteiger partial charge < -0.3 is 23.8 Å². The van der Waals surface area contributed by atoms with Gasteiger partial charge >= 0.3 is 23.9 Å². The second kappa shape index (κ2) is 39.2. The summed E-state index contributed by atoms with van der Waals surface area (Å²) in [5, 5.41) is 1.03. The van der Waals surface area contributed by atoms with E-state index in [1.807, 2.05) is 76.0 Å². The summed E-state index contributed by atoms with van der Waals surface area (Å²) in [5.41, 5.74) is 5.08. The predicted molar refractivity (Wildman–Crippen MR) is 330 cm³/mol. The zero-order valence-electron chi connectivity index (χ0n) is 51.1. The molecule has 81 heavy (non-hydrogen) atoms. The molecule has 0 N–H and O–H groups in total. The number of halogens is 2. The third kappa shape index (κ3) is 26.4. The first kappa shape index (κ1) is 69.1. The number of hydrogen-bond donors (Lipinski definition) is 0. The Balaban J connectivity index is 1.29. The first-order valence-electron chi connectivity index (χ1n) is 31.7. The van der Waals surface area contributed by atoms with Gasteiger partial charge in [-0.15, -0.1) is 0 Å². The molecule has 0 spiro atoms. The lowest BCUT2D eigenvalue weighted by molar-refractivity contribution is -0.167. The Morgan fingerprint density at radius 1 is 0.556 bits per heavy atom. The van der Waals surface area contributed by atoms with Crippen LogP contribution in [0.3, 0.4) is 0 Å². The zero-order chi connectivity index (χ0) is 58.8. The van der Waals surface area contributed by atoms with Crippen LogP contribution < -0.4 is 4.74 Å². The Labute approximate surface area is 499 Å². The molecule has 1 aliphatic rings. The molecule has 0 aliphatic heterocycles. The number of fused-ring (bicyclic) bond motifs is 1. The summed E-state index contributed by atoms with van der Waals surface area (Å²) in [4.78, 5) is 69.0. The quantitative estimate of drug-likeness (QED) is 0.0236. The lowest BCUT2D eigenvalue weighted by Gasteiger charge is -2.38. The van der Waals surface area contributed by atoms with Crippen LogP contribution in [0, 0.1) is 13.8 Å². The Morgan fingerprint density at radius 2 is 1.02 bits per heavy atom. The minimum Gasteiger partial charge on any atom is -0.462 e. The van der Waals surface area contributed by atoms with E-state index in [1.165, 1.54) is 116 Å². The number of aryl methyl sites for hydroxylation is 2. The molecule has 3 aromatic rings. The lowest BCUT2D eigenvalue weighted by atomic mass is 9.75. The van der Waals surface area contributed by atoms with Crippen molar-refractivity contribution in [3.05, 3.63) is 98.0 Å². The van der Waals surface area contributed by atoms with Gasteiger partial charge in [-0.1, -0.05) is 241 Å². The Bertz CT molecular complexity index is 2300. The number of amides is 1. The van der Waals surface area contributed by atoms with E-state index in [-0.39, 0.29) is 63.2 Å². The van der Waals surface area contributed by atoms with Crippen molar-refractivity contribution in [3.63, 3.8) is 0 Å². The normalized spacial score (nSPS) is 14.1. The molecule has 4 rings (SSSR count). The van der Waals surface area contributed by atoms with Crippen molar-refractivity contribution in [1.29, 1.82) is 0 Å². The second-order valence-corrected chi connectivity index (χ2v) is 24.7. The molecule has 0 fully saturated rings. The molecule has 452 valence electrons. The van der Waals surface area contributed by atoms with Gasteiger partial charge in [-0.2, -0.15) is 0 Å². The van der Waals surface area contributed by atoms with Crippen LogP contribution in [0.15, 0.2) is 54.6 Å². The van der Waals surface area contributed by atoms with Crippen LogP contribution in [0.2, 0.25) is 10.0 Å². The standard InChI is InChI=1S/C69H103Cl2NO9/c1-8-10-12-14-16-18-20-22-24-26-28-30-32-38-64(74)78-50-55(51-79-65(75)39-33-31-29-27-25-23-21-19-17-15-13-11-9-2)80-66(76)44-45-67(77)81-62-47-52(3)46-53(4)68(62)69(5,6)49-63(73)72(7)61-43-41-56(57-36-34-35-37-58(57)61)54-40-42-59(70)60(71)48-54/h34-37,40,42,46-48,55-56,61H,8-33,38-39,41,43-45,49-51H2,1-7H3/t56-,61-/m0/s1. The highest BCUT2D eigenvalue weighted by atomic mass is 35.5. The van der Waals surface area contributed by atoms with Crippen LogP contribution in [0.1, 0.15) is 285 Å². The SMILES string of the molecule is CCCCCCCCCCCCCCCC(=O)OCC(COC(=O)CCCCCCCCCCCCCCC)OC(=O)CCC(=O)Oc1cc(C)cc(C)c1C(C)(C)CC(=O)N(C)[C@H]1CC[C@@H](c2ccc(Cl)c(Cl)c2)c2ccccc21. The van der Waals surface area contributed by atoms with Gasteiger partial charge in [-0.25, -0.2) is 0 Å². The molecule has 12 heteroatoms. The molecule has 2 atom stereocenters. The highest BCUT2D eigenvalue weighted by molar-refractivity contribution is 6.42. The smallest absolute Gasteiger partial charge is 0.311 e. The molecule has 0 unspecified atom stereocenters. The molecule has 1 amide bonds. The van der Waals surface area contributed by atoms with Crippen molar-refractivity contribution in [2.45, 2.75) is 277 Å². The van der Waals surface area contributed by atoms with Crippen LogP contribution in [-0.4, -0.2) is 61.0 Å². The van der Waals surface area contributed by atoms with Gasteiger partial charge in [0.2, 0.25) is 5.91 Å². The average Bonchev–Trinajstić information content (AvgIpc) is 3.57. The van der Waals surface area contributed by atoms with E-state index in [0.717, 1.165) is 84.7 Å². The van der Waals surface area contributed by atoms with Gasteiger partial charge in [0.25, 0.3) is 0 Å². The van der Waals surface area contributed by atoms with Gasteiger partial charge in [0.15, 0.2) is 6.10 Å². The predicted octanol–water partition coefficient (Wildman–Crippen LogP) is 19.0. The Kier molecular flexibility index (Phi) is 33.4. The molecule has 0 radical (unpaired) electrons. The average molecular weight is 1160 g/mol. The molecule has 0 saturated carbocycles. The number of hydrogen-bond acceptors (Lipinski definition) is 9. The first-order valence-corrected chi connectivity index (χ1v) is 32.4. The second-order valence-electron chi connectivity index (χ2n) is 23.9. The number of carbonyl (C=O) groups is 5. The molecule has 0 aromatic heterocycles. The summed E-state index contributed by atoms with van der Waals surface area (Å²) in [6.07, 6.45) is 31.8. The third-order valence-electron chi connectivity index (χ3n) is 16.3. The molecule has 1 aliphatic carbocycles. The van der Waals surface area contributed by atoms with Crippen LogP contribution in [0.25, 0.3) is 0 Å². The topological polar surface area (TPSA) is 126 Å². The number of unbranched alkanes of at least 4 members (excludes halogenated alkanes) is 24. The largest absolute Gasteiger partial charge is 0.462 e. The maximum atomic E-state index is 14.4. The fourth-order valence-corrected chi connectivity index (χ4v) is 12.0. The van der Waals surface area contributed by atoms with Crippen molar-refractivity contribution in [1.82, 2.24) is 4.90 Å². The van der Waals surface area contributed by atoms with E-state index in [0.29, 0.717) is 28.6 Å². The van der Waals surface area contributed by atoms with Crippen LogP contribution >= 0.6 is 23.2 Å². The highest BCUT2D eigenvalue weighted by Crippen LogP contribution is 2.45. The van der Waals surface area contributed by atoms with Crippen LogP contribution in [-0.2, 0) is 43.6 Å². The van der Waals surface area contributed by atoms with Crippen molar-refractivity contribution >= 4 is 53.0 Å². The minimum absolute atomic E-state index is 0.0436. The summed E-state index contributed by atoms with van der Waals surface area (Å²) in [6, 6.07) is 17.7. The van der Waals surface area contributed by atoms with Crippen LogP contribution in [0.4, 0.5) is 0 Å². The van der Waals surface area contributed by atoms with Crippen molar-refractivity contribution < 1.29 is 42.9 Å². The maximum absolute atomic E-state index is 14.4. The van der Waals surface area contributed by atoms with Gasteiger partial charge in [0.1, 0.15) is 19.0 Å². The highest BCUT2D eigenvalue weighted by Gasteiger charge is 2.36. The zero-order valence-corrected chi connectivity index (χ0v) is 52.6. The number of carbonyl (C=O) groups excluding carboxylic acids is 5. The summed E-state index contributed by atoms with van der Waals surface area (Å²) in [5.74, 6) is -1.73. The summed E-state index contributed by atoms with van der Waals surface area (Å²) < 4.78 is 23.0. The van der Waals surface area contributed by atoms with E-state index in [2.05, 4.69) is 26.0 Å². The van der Waals surface area contributed by atoms with E-state index in [4.69, 9.17) is 42.1 Å². The molecule has 0 bridgehead atoms. The fourth-order valence-electron chi connectivity index (χ4n) is 11.7. The first-order chi connectivity index (χ1) is 39.0. The van der Waals surface area contributed by atoms with Crippen molar-refractivity contribution in [2.24, 2.45) is 0 Å². The molecular formula is C69H103Cl2NO9. The van der Waals surface area contributed by atoms with Gasteiger partial charge in [0, 0.05) is 43.2 Å². The number of benzene rings is 3. The Hall–Kier alpha value is -4.41. The number of ether oxygens (including phenoxy) is 4. The summed E-state index contributed by atoms with van der Waals surface area (Å²) in [7, 11) is 1.86. The molecule has 10 nitrogen and oxygen atoms in total.